The van der Waals surface area contributed by atoms with Crippen molar-refractivity contribution in [2.45, 2.75) is 11.6 Å². The fourth-order valence-corrected chi connectivity index (χ4v) is 5.69. The van der Waals surface area contributed by atoms with E-state index in [2.05, 4.69) is 15.9 Å². The molecule has 188 valence electrons. The van der Waals surface area contributed by atoms with Crippen LogP contribution in [0.2, 0.25) is 0 Å². The minimum Gasteiger partial charge on any atom is -0.496 e. The molecule has 0 radical (unpaired) electrons. The molecule has 6 rings (SSSR count). The molecule has 0 amide bonds. The fraction of sp³-hybridized carbons (Fsp3) is 0.100. The smallest absolute Gasteiger partial charge is 0.266 e. The lowest BCUT2D eigenvalue weighted by Gasteiger charge is -2.13. The second kappa shape index (κ2) is 10.1. The molecule has 2 heterocycles. The molecule has 6 nitrogen and oxygen atoms in total. The van der Waals surface area contributed by atoms with Crippen molar-refractivity contribution in [1.29, 1.82) is 0 Å². The van der Waals surface area contributed by atoms with Gasteiger partial charge in [0.1, 0.15) is 22.7 Å². The number of Topliss-reactive ketones (excluding diaryl/α,β-unsaturated/α-hetero) is 1. The molecule has 0 aliphatic heterocycles. The highest BCUT2D eigenvalue weighted by molar-refractivity contribution is 9.10. The summed E-state index contributed by atoms with van der Waals surface area (Å²) in [5, 5.41) is 2.93. The van der Waals surface area contributed by atoms with Crippen LogP contribution in [0.4, 0.5) is 0 Å². The van der Waals surface area contributed by atoms with Crippen LogP contribution in [0.3, 0.4) is 0 Å². The van der Waals surface area contributed by atoms with Crippen LogP contribution in [0.15, 0.2) is 104 Å². The van der Waals surface area contributed by atoms with Gasteiger partial charge in [-0.3, -0.25) is 14.2 Å². The Morgan fingerprint density at radius 2 is 1.68 bits per heavy atom. The molecule has 0 N–H and O–H groups in total. The minimum atomic E-state index is -0.176. The maximum Gasteiger partial charge on any atom is 0.266 e. The van der Waals surface area contributed by atoms with Gasteiger partial charge in [0.15, 0.2) is 5.16 Å². The van der Waals surface area contributed by atoms with Crippen LogP contribution in [0.1, 0.15) is 5.56 Å². The number of para-hydroxylation sites is 2. The van der Waals surface area contributed by atoms with Gasteiger partial charge >= 0.3 is 0 Å². The third kappa shape index (κ3) is 4.50. The molecule has 0 fully saturated rings. The highest BCUT2D eigenvalue weighted by Crippen LogP contribution is 2.34. The van der Waals surface area contributed by atoms with Crippen molar-refractivity contribution in [1.82, 2.24) is 9.55 Å². The van der Waals surface area contributed by atoms with Crippen LogP contribution in [0.5, 0.6) is 5.75 Å². The SMILES string of the molecule is COc1cc2c(cc1CC(=O)CSc1nc3ccccc3c(=O)n1-c1ccc(Br)cc1)oc1ccccc12. The third-order valence-electron chi connectivity index (χ3n) is 6.36. The molecule has 4 aromatic carbocycles. The van der Waals surface area contributed by atoms with Gasteiger partial charge in [-0.15, -0.1) is 0 Å². The lowest BCUT2D eigenvalue weighted by atomic mass is 10.0. The zero-order valence-electron chi connectivity index (χ0n) is 20.3. The predicted octanol–water partition coefficient (Wildman–Crippen LogP) is 6.96. The first-order valence-electron chi connectivity index (χ1n) is 11.9. The Bertz CT molecular complexity index is 1890. The Hall–Kier alpha value is -3.88. The van der Waals surface area contributed by atoms with Crippen molar-refractivity contribution in [2.75, 3.05) is 12.9 Å². The number of carbonyl (C=O) groups is 1. The molecule has 0 unspecified atom stereocenters. The van der Waals surface area contributed by atoms with Crippen molar-refractivity contribution in [3.05, 3.63) is 105 Å². The Balaban J connectivity index is 1.31. The summed E-state index contributed by atoms with van der Waals surface area (Å²) in [7, 11) is 1.60. The monoisotopic (exact) mass is 584 g/mol. The average molecular weight is 585 g/mol. The first kappa shape index (κ1) is 24.5. The van der Waals surface area contributed by atoms with Crippen molar-refractivity contribution >= 4 is 66.3 Å². The number of rotatable bonds is 7. The van der Waals surface area contributed by atoms with E-state index in [0.29, 0.717) is 33.1 Å². The standard InChI is InChI=1S/C30H21BrN2O4S/c1-36-27-16-24-22-6-3-5-9-26(22)37-28(24)15-18(27)14-21(34)17-38-30-32-25-8-4-2-7-23(25)29(35)33(30)20-12-10-19(31)11-13-20/h2-13,15-16H,14,17H2,1H3. The summed E-state index contributed by atoms with van der Waals surface area (Å²) in [5.74, 6) is 0.759. The largest absolute Gasteiger partial charge is 0.496 e. The van der Waals surface area contributed by atoms with Crippen LogP contribution in [-0.4, -0.2) is 28.2 Å². The van der Waals surface area contributed by atoms with Gasteiger partial charge < -0.3 is 9.15 Å². The molecule has 0 saturated heterocycles. The number of halogens is 1. The molecule has 0 bridgehead atoms. The Labute approximate surface area is 230 Å². The third-order valence-corrected chi connectivity index (χ3v) is 7.89. The maximum atomic E-state index is 13.4. The summed E-state index contributed by atoms with van der Waals surface area (Å²) < 4.78 is 14.1. The van der Waals surface area contributed by atoms with E-state index in [4.69, 9.17) is 14.1 Å². The van der Waals surface area contributed by atoms with E-state index < -0.39 is 0 Å². The summed E-state index contributed by atoms with van der Waals surface area (Å²) in [6.07, 6.45) is 0.166. The van der Waals surface area contributed by atoms with E-state index in [1.54, 1.807) is 17.7 Å². The summed E-state index contributed by atoms with van der Waals surface area (Å²) in [4.78, 5) is 31.3. The number of benzene rings is 4. The number of hydrogen-bond donors (Lipinski definition) is 0. The number of aromatic nitrogens is 2. The number of hydrogen-bond acceptors (Lipinski definition) is 6. The number of nitrogens with zero attached hydrogens (tertiary/aromatic N) is 2. The molecule has 8 heteroatoms. The maximum absolute atomic E-state index is 13.4. The van der Waals surface area contributed by atoms with Gasteiger partial charge in [-0.25, -0.2) is 4.98 Å². The summed E-state index contributed by atoms with van der Waals surface area (Å²) >= 11 is 4.69. The number of thioether (sulfide) groups is 1. The van der Waals surface area contributed by atoms with Crippen molar-refractivity contribution in [2.24, 2.45) is 0 Å². The lowest BCUT2D eigenvalue weighted by Crippen LogP contribution is -2.22. The zero-order chi connectivity index (χ0) is 26.2. The highest BCUT2D eigenvalue weighted by Gasteiger charge is 2.18. The molecule has 2 aromatic heterocycles. The first-order valence-corrected chi connectivity index (χ1v) is 13.7. The number of carbonyl (C=O) groups excluding carboxylic acids is 1. The molecular weight excluding hydrogens is 564 g/mol. The van der Waals surface area contributed by atoms with Crippen LogP contribution in [0.25, 0.3) is 38.5 Å². The van der Waals surface area contributed by atoms with Gasteiger partial charge in [-0.2, -0.15) is 0 Å². The number of ether oxygens (including phenoxy) is 1. The van der Waals surface area contributed by atoms with E-state index in [1.165, 1.54) is 11.8 Å². The molecule has 0 saturated carbocycles. The minimum absolute atomic E-state index is 0.0199. The molecular formula is C30H21BrN2O4S. The van der Waals surface area contributed by atoms with E-state index in [9.17, 15) is 9.59 Å². The average Bonchev–Trinajstić information content (AvgIpc) is 3.29. The van der Waals surface area contributed by atoms with Crippen LogP contribution in [-0.2, 0) is 11.2 Å². The van der Waals surface area contributed by atoms with Crippen LogP contribution < -0.4 is 10.3 Å². The summed E-state index contributed by atoms with van der Waals surface area (Å²) in [5.41, 5.74) is 3.35. The molecule has 0 aliphatic rings. The molecule has 6 aromatic rings. The lowest BCUT2D eigenvalue weighted by molar-refractivity contribution is -0.116. The number of fused-ring (bicyclic) bond motifs is 4. The molecule has 0 aliphatic carbocycles. The number of furan rings is 1. The molecule has 0 spiro atoms. The Morgan fingerprint density at radius 3 is 2.47 bits per heavy atom. The van der Waals surface area contributed by atoms with Gasteiger partial charge in [0.2, 0.25) is 0 Å². The topological polar surface area (TPSA) is 74.3 Å². The zero-order valence-corrected chi connectivity index (χ0v) is 22.7. The number of ketones is 1. The fourth-order valence-electron chi connectivity index (χ4n) is 4.56. The predicted molar refractivity (Wildman–Crippen MR) is 155 cm³/mol. The second-order valence-corrected chi connectivity index (χ2v) is 10.6. The quantitative estimate of drug-likeness (QED) is 0.149. The van der Waals surface area contributed by atoms with Crippen molar-refractivity contribution in [3.8, 4) is 11.4 Å². The van der Waals surface area contributed by atoms with E-state index in [-0.39, 0.29) is 23.5 Å². The van der Waals surface area contributed by atoms with Gasteiger partial charge in [-0.1, -0.05) is 58.0 Å². The van der Waals surface area contributed by atoms with Gasteiger partial charge in [0.25, 0.3) is 5.56 Å². The van der Waals surface area contributed by atoms with Gasteiger partial charge in [0, 0.05) is 27.2 Å². The summed E-state index contributed by atoms with van der Waals surface area (Å²) in [6.45, 7) is 0. The highest BCUT2D eigenvalue weighted by atomic mass is 79.9. The Kier molecular flexibility index (Phi) is 6.51. The normalized spacial score (nSPS) is 11.4. The van der Waals surface area contributed by atoms with Gasteiger partial charge in [-0.05, 0) is 54.6 Å². The Morgan fingerprint density at radius 1 is 0.947 bits per heavy atom. The van der Waals surface area contributed by atoms with Crippen LogP contribution >= 0.6 is 27.7 Å². The van der Waals surface area contributed by atoms with Crippen molar-refractivity contribution < 1.29 is 13.9 Å². The van der Waals surface area contributed by atoms with E-state index in [1.807, 2.05) is 78.9 Å². The first-order chi connectivity index (χ1) is 18.5. The number of methoxy groups -OCH3 is 1. The van der Waals surface area contributed by atoms with E-state index in [0.717, 1.165) is 26.4 Å². The van der Waals surface area contributed by atoms with Crippen molar-refractivity contribution in [3.63, 3.8) is 0 Å². The summed E-state index contributed by atoms with van der Waals surface area (Å²) in [6, 6.07) is 26.3. The second-order valence-electron chi connectivity index (χ2n) is 8.79. The van der Waals surface area contributed by atoms with Gasteiger partial charge in [0.05, 0.1) is 29.5 Å². The van der Waals surface area contributed by atoms with E-state index >= 15 is 0 Å². The molecule has 0 atom stereocenters. The van der Waals surface area contributed by atoms with Crippen LogP contribution in [0, 0.1) is 0 Å². The molecule has 38 heavy (non-hydrogen) atoms.